The highest BCUT2D eigenvalue weighted by molar-refractivity contribution is 5.66. The Labute approximate surface area is 188 Å². The fourth-order valence-electron chi connectivity index (χ4n) is 5.12. The zero-order valence-corrected chi connectivity index (χ0v) is 19.4. The number of anilines is 3. The van der Waals surface area contributed by atoms with Crippen molar-refractivity contribution in [2.24, 2.45) is 0 Å². The lowest BCUT2D eigenvalue weighted by Crippen LogP contribution is -2.55. The fourth-order valence-corrected chi connectivity index (χ4v) is 5.12. The molecule has 0 spiro atoms. The van der Waals surface area contributed by atoms with Gasteiger partial charge in [0.25, 0.3) is 0 Å². The molecule has 174 valence electrons. The van der Waals surface area contributed by atoms with Gasteiger partial charge in [-0.05, 0) is 46.1 Å². The molecule has 3 heterocycles. The minimum absolute atomic E-state index is 0.0812. The topological polar surface area (TPSA) is 80.8 Å². The van der Waals surface area contributed by atoms with Gasteiger partial charge in [-0.15, -0.1) is 0 Å². The third-order valence-corrected chi connectivity index (χ3v) is 6.46. The molecule has 0 aliphatic carbocycles. The fraction of sp³-hybridized carbons (Fsp3) is 0.565. The van der Waals surface area contributed by atoms with Crippen LogP contribution in [0.2, 0.25) is 0 Å². The van der Waals surface area contributed by atoms with E-state index in [4.69, 9.17) is 14.2 Å². The van der Waals surface area contributed by atoms with Crippen LogP contribution >= 0.6 is 0 Å². The molecule has 2 aromatic rings. The summed E-state index contributed by atoms with van der Waals surface area (Å²) < 4.78 is 30.7. The summed E-state index contributed by atoms with van der Waals surface area (Å²) in [5.74, 6) is 1.51. The molecule has 8 nitrogen and oxygen atoms in total. The predicted molar refractivity (Wildman–Crippen MR) is 122 cm³/mol. The Balaban J connectivity index is 1.53. The van der Waals surface area contributed by atoms with E-state index in [1.165, 1.54) is 19.0 Å². The molecule has 1 aromatic carbocycles. The Morgan fingerprint density at radius 2 is 1.84 bits per heavy atom. The van der Waals surface area contributed by atoms with Crippen molar-refractivity contribution in [1.29, 1.82) is 0 Å². The standard InChI is InChI=1S/C23H32FN5O3/c1-23(2)12-15(9-16-7-6-8-29(16)23)26-21-17(24)13-25-22(28-21)27-14-10-18(30-3)20(32-5)19(11-14)31-4/h10-11,13,15-16H,6-9,12H2,1-5H3,(H2,25,26,27,28)/t15-,16+/m1/s1. The van der Waals surface area contributed by atoms with E-state index in [9.17, 15) is 4.39 Å². The maximum absolute atomic E-state index is 14.6. The summed E-state index contributed by atoms with van der Waals surface area (Å²) in [5.41, 5.74) is 0.718. The SMILES string of the molecule is COc1cc(Nc2ncc(F)c(N[C@@H]3C[C@@H]4CCCN4C(C)(C)C3)n2)cc(OC)c1OC. The number of ether oxygens (including phenoxy) is 3. The van der Waals surface area contributed by atoms with Crippen LogP contribution in [0, 0.1) is 5.82 Å². The highest BCUT2D eigenvalue weighted by Gasteiger charge is 2.43. The average molecular weight is 446 g/mol. The number of hydrogen-bond donors (Lipinski definition) is 2. The number of hydrogen-bond acceptors (Lipinski definition) is 8. The van der Waals surface area contributed by atoms with Crippen molar-refractivity contribution < 1.29 is 18.6 Å². The zero-order valence-electron chi connectivity index (χ0n) is 19.4. The average Bonchev–Trinajstić information content (AvgIpc) is 3.24. The van der Waals surface area contributed by atoms with E-state index in [1.54, 1.807) is 33.5 Å². The molecule has 2 aliphatic rings. The number of rotatable bonds is 7. The quantitative estimate of drug-likeness (QED) is 0.656. The van der Waals surface area contributed by atoms with Crippen LogP contribution in [-0.4, -0.2) is 60.4 Å². The first-order valence-electron chi connectivity index (χ1n) is 11.0. The van der Waals surface area contributed by atoms with Gasteiger partial charge >= 0.3 is 0 Å². The molecule has 32 heavy (non-hydrogen) atoms. The second-order valence-corrected chi connectivity index (χ2v) is 9.01. The second-order valence-electron chi connectivity index (χ2n) is 9.01. The molecule has 2 aliphatic heterocycles. The smallest absolute Gasteiger partial charge is 0.229 e. The molecular formula is C23H32FN5O3. The molecule has 2 atom stereocenters. The van der Waals surface area contributed by atoms with Gasteiger partial charge in [0.1, 0.15) is 0 Å². The van der Waals surface area contributed by atoms with Crippen molar-refractivity contribution in [3.63, 3.8) is 0 Å². The lowest BCUT2D eigenvalue weighted by Gasteiger charge is -2.47. The van der Waals surface area contributed by atoms with E-state index >= 15 is 0 Å². The number of nitrogens with zero attached hydrogens (tertiary/aromatic N) is 3. The summed E-state index contributed by atoms with van der Waals surface area (Å²) in [6.45, 7) is 5.69. The first-order chi connectivity index (χ1) is 15.3. The van der Waals surface area contributed by atoms with Crippen molar-refractivity contribution in [1.82, 2.24) is 14.9 Å². The van der Waals surface area contributed by atoms with Crippen molar-refractivity contribution in [2.45, 2.75) is 57.2 Å². The highest BCUT2D eigenvalue weighted by Crippen LogP contribution is 2.41. The van der Waals surface area contributed by atoms with Crippen molar-refractivity contribution in [3.05, 3.63) is 24.1 Å². The number of aromatic nitrogens is 2. The van der Waals surface area contributed by atoms with Gasteiger partial charge in [-0.1, -0.05) is 0 Å². The molecule has 1 aromatic heterocycles. The van der Waals surface area contributed by atoms with Crippen LogP contribution in [0.5, 0.6) is 17.2 Å². The number of methoxy groups -OCH3 is 3. The minimum atomic E-state index is -0.466. The number of fused-ring (bicyclic) bond motifs is 1. The van der Waals surface area contributed by atoms with Crippen LogP contribution in [0.15, 0.2) is 18.3 Å². The third kappa shape index (κ3) is 4.39. The normalized spacial score (nSPS) is 22.2. The van der Waals surface area contributed by atoms with Crippen LogP contribution in [0.25, 0.3) is 0 Å². The summed E-state index contributed by atoms with van der Waals surface area (Å²) in [7, 11) is 4.65. The number of piperidine rings is 1. The summed E-state index contributed by atoms with van der Waals surface area (Å²) >= 11 is 0. The lowest BCUT2D eigenvalue weighted by molar-refractivity contribution is 0.0500. The lowest BCUT2D eigenvalue weighted by atomic mass is 9.84. The third-order valence-electron chi connectivity index (χ3n) is 6.46. The predicted octanol–water partition coefficient (Wildman–Crippen LogP) is 4.20. The van der Waals surface area contributed by atoms with Gasteiger partial charge in [0.15, 0.2) is 23.1 Å². The van der Waals surface area contributed by atoms with Gasteiger partial charge in [-0.25, -0.2) is 9.37 Å². The largest absolute Gasteiger partial charge is 0.493 e. The van der Waals surface area contributed by atoms with Gasteiger partial charge < -0.3 is 24.8 Å². The van der Waals surface area contributed by atoms with Gasteiger partial charge in [-0.2, -0.15) is 4.98 Å². The Morgan fingerprint density at radius 1 is 1.12 bits per heavy atom. The van der Waals surface area contributed by atoms with E-state index in [0.717, 1.165) is 19.4 Å². The first kappa shape index (κ1) is 22.4. The summed E-state index contributed by atoms with van der Waals surface area (Å²) in [5, 5.41) is 6.45. The molecular weight excluding hydrogens is 413 g/mol. The van der Waals surface area contributed by atoms with E-state index in [-0.39, 0.29) is 23.3 Å². The Kier molecular flexibility index (Phi) is 6.28. The summed E-state index contributed by atoms with van der Waals surface area (Å²) in [6.07, 6.45) is 5.53. The van der Waals surface area contributed by atoms with Gasteiger partial charge in [0, 0.05) is 35.4 Å². The molecule has 0 radical (unpaired) electrons. The molecule has 0 saturated carbocycles. The summed E-state index contributed by atoms with van der Waals surface area (Å²) in [4.78, 5) is 11.1. The van der Waals surface area contributed by atoms with Gasteiger partial charge in [0.2, 0.25) is 11.7 Å². The van der Waals surface area contributed by atoms with E-state index in [0.29, 0.717) is 29.0 Å². The number of nitrogens with one attached hydrogen (secondary N) is 2. The molecule has 0 bridgehead atoms. The Morgan fingerprint density at radius 3 is 2.50 bits per heavy atom. The Bertz CT molecular complexity index is 946. The molecule has 2 N–H and O–H groups in total. The highest BCUT2D eigenvalue weighted by atomic mass is 19.1. The van der Waals surface area contributed by atoms with Crippen LogP contribution in [0.4, 0.5) is 21.8 Å². The van der Waals surface area contributed by atoms with Crippen molar-refractivity contribution in [3.8, 4) is 17.2 Å². The maximum Gasteiger partial charge on any atom is 0.229 e. The van der Waals surface area contributed by atoms with Gasteiger partial charge in [0.05, 0.1) is 27.5 Å². The minimum Gasteiger partial charge on any atom is -0.493 e. The zero-order chi connectivity index (χ0) is 22.9. The number of halogens is 1. The van der Waals surface area contributed by atoms with Crippen molar-refractivity contribution in [2.75, 3.05) is 38.5 Å². The second kappa shape index (κ2) is 8.97. The van der Waals surface area contributed by atoms with E-state index in [1.807, 2.05) is 0 Å². The monoisotopic (exact) mass is 445 g/mol. The van der Waals surface area contributed by atoms with E-state index < -0.39 is 5.82 Å². The summed E-state index contributed by atoms with van der Waals surface area (Å²) in [6, 6.07) is 4.19. The van der Waals surface area contributed by atoms with Crippen LogP contribution in [0.1, 0.15) is 39.5 Å². The van der Waals surface area contributed by atoms with E-state index in [2.05, 4.69) is 39.3 Å². The molecule has 0 unspecified atom stereocenters. The molecule has 2 fully saturated rings. The molecule has 9 heteroatoms. The molecule has 0 amide bonds. The van der Waals surface area contributed by atoms with Crippen molar-refractivity contribution >= 4 is 17.5 Å². The van der Waals surface area contributed by atoms with Crippen LogP contribution in [-0.2, 0) is 0 Å². The van der Waals surface area contributed by atoms with Gasteiger partial charge in [-0.3, -0.25) is 4.90 Å². The Hall–Kier alpha value is -2.81. The van der Waals surface area contributed by atoms with Crippen LogP contribution in [0.3, 0.4) is 0 Å². The maximum atomic E-state index is 14.6. The first-order valence-corrected chi connectivity index (χ1v) is 11.0. The number of benzene rings is 1. The molecule has 4 rings (SSSR count). The molecule has 2 saturated heterocycles. The van der Waals surface area contributed by atoms with Crippen LogP contribution < -0.4 is 24.8 Å².